The average Bonchev–Trinajstić information content (AvgIpc) is 2.25. The largest absolute Gasteiger partial charge is 0.379 e. The van der Waals surface area contributed by atoms with Crippen molar-refractivity contribution in [2.45, 2.75) is 14.0 Å². The zero-order valence-corrected chi connectivity index (χ0v) is 9.89. The number of rotatable bonds is 2. The summed E-state index contributed by atoms with van der Waals surface area (Å²) in [5.74, 6) is 0. The van der Waals surface area contributed by atoms with Gasteiger partial charge < -0.3 is 4.74 Å². The number of halogens is 2. The Labute approximate surface area is 107 Å². The molecule has 1 heterocycles. The van der Waals surface area contributed by atoms with Gasteiger partial charge in [-0.15, -0.1) is 0 Å². The molecular weight excluding hydrogens is 245 g/mol. The third kappa shape index (κ3) is 3.63. The number of hydrogen-bond donors (Lipinski definition) is 0. The van der Waals surface area contributed by atoms with E-state index in [1.165, 1.54) is 5.56 Å². The standard InChI is InChI=1S/C11H13Cl2NO.CH4/c12-10-2-1-9(7-11(10)13)8-14-3-5-15-6-4-14;/h1-2,7H,3-6,8H2;1H4. The predicted molar refractivity (Wildman–Crippen MR) is 69.3 cm³/mol. The lowest BCUT2D eigenvalue weighted by Gasteiger charge is -2.26. The van der Waals surface area contributed by atoms with E-state index in [2.05, 4.69) is 4.90 Å². The summed E-state index contributed by atoms with van der Waals surface area (Å²) in [5.41, 5.74) is 1.20. The van der Waals surface area contributed by atoms with Crippen LogP contribution in [-0.2, 0) is 11.3 Å². The van der Waals surface area contributed by atoms with Crippen molar-refractivity contribution in [1.82, 2.24) is 4.90 Å². The maximum atomic E-state index is 5.96. The van der Waals surface area contributed by atoms with E-state index < -0.39 is 0 Å². The predicted octanol–water partition coefficient (Wildman–Crippen LogP) is 3.46. The summed E-state index contributed by atoms with van der Waals surface area (Å²) in [6.45, 7) is 4.53. The van der Waals surface area contributed by atoms with Gasteiger partial charge in [-0.05, 0) is 17.7 Å². The molecule has 2 rings (SSSR count). The fraction of sp³-hybridized carbons (Fsp3) is 0.500. The van der Waals surface area contributed by atoms with Crippen LogP contribution in [0.2, 0.25) is 10.0 Å². The summed E-state index contributed by atoms with van der Waals surface area (Å²) in [7, 11) is 0. The summed E-state index contributed by atoms with van der Waals surface area (Å²) in [6, 6.07) is 5.79. The molecule has 1 aliphatic rings. The minimum absolute atomic E-state index is 0. The van der Waals surface area contributed by atoms with E-state index in [1.54, 1.807) is 0 Å². The number of benzene rings is 1. The Bertz CT molecular complexity index is 338. The van der Waals surface area contributed by atoms with Gasteiger partial charge in [-0.2, -0.15) is 0 Å². The van der Waals surface area contributed by atoms with E-state index in [0.717, 1.165) is 32.8 Å². The van der Waals surface area contributed by atoms with Crippen LogP contribution < -0.4 is 0 Å². The summed E-state index contributed by atoms with van der Waals surface area (Å²) in [5, 5.41) is 1.24. The molecule has 4 heteroatoms. The first-order valence-electron chi connectivity index (χ1n) is 5.00. The first kappa shape index (κ1) is 13.8. The van der Waals surface area contributed by atoms with Gasteiger partial charge in [-0.25, -0.2) is 0 Å². The van der Waals surface area contributed by atoms with Crippen LogP contribution in [0, 0.1) is 0 Å². The molecular formula is C12H17Cl2NO. The molecule has 0 aromatic heterocycles. The Kier molecular flexibility index (Phi) is 5.56. The highest BCUT2D eigenvalue weighted by atomic mass is 35.5. The molecule has 1 aromatic carbocycles. The molecule has 0 saturated carbocycles. The molecule has 1 aromatic rings. The van der Waals surface area contributed by atoms with E-state index in [0.29, 0.717) is 10.0 Å². The lowest BCUT2D eigenvalue weighted by atomic mass is 10.2. The Morgan fingerprint density at radius 2 is 1.81 bits per heavy atom. The van der Waals surface area contributed by atoms with E-state index in [1.807, 2.05) is 18.2 Å². The third-order valence-electron chi connectivity index (χ3n) is 2.49. The van der Waals surface area contributed by atoms with Crippen LogP contribution in [-0.4, -0.2) is 31.2 Å². The van der Waals surface area contributed by atoms with Crippen LogP contribution in [0.4, 0.5) is 0 Å². The smallest absolute Gasteiger partial charge is 0.0595 e. The van der Waals surface area contributed by atoms with Gasteiger partial charge in [-0.1, -0.05) is 36.7 Å². The first-order valence-corrected chi connectivity index (χ1v) is 5.75. The SMILES string of the molecule is C.Clc1ccc(CN2CCOCC2)cc1Cl. The second-order valence-electron chi connectivity index (χ2n) is 3.64. The maximum Gasteiger partial charge on any atom is 0.0595 e. The third-order valence-corrected chi connectivity index (χ3v) is 3.23. The fourth-order valence-corrected chi connectivity index (χ4v) is 1.98. The van der Waals surface area contributed by atoms with Crippen LogP contribution >= 0.6 is 23.2 Å². The maximum absolute atomic E-state index is 5.96. The molecule has 1 saturated heterocycles. The van der Waals surface area contributed by atoms with Crippen LogP contribution in [0.1, 0.15) is 13.0 Å². The highest BCUT2D eigenvalue weighted by Crippen LogP contribution is 2.23. The summed E-state index contributed by atoms with van der Waals surface area (Å²) >= 11 is 11.8. The number of morpholine rings is 1. The summed E-state index contributed by atoms with van der Waals surface area (Å²) in [4.78, 5) is 2.35. The molecule has 0 aliphatic carbocycles. The monoisotopic (exact) mass is 261 g/mol. The molecule has 1 fully saturated rings. The van der Waals surface area contributed by atoms with Crippen molar-refractivity contribution < 1.29 is 4.74 Å². The van der Waals surface area contributed by atoms with Crippen LogP contribution in [0.25, 0.3) is 0 Å². The molecule has 0 unspecified atom stereocenters. The first-order chi connectivity index (χ1) is 7.25. The Morgan fingerprint density at radius 1 is 1.12 bits per heavy atom. The minimum atomic E-state index is 0. The van der Waals surface area contributed by atoms with Gasteiger partial charge in [0.1, 0.15) is 0 Å². The molecule has 0 atom stereocenters. The second kappa shape index (κ2) is 6.45. The van der Waals surface area contributed by atoms with Crippen molar-refractivity contribution in [3.05, 3.63) is 33.8 Å². The van der Waals surface area contributed by atoms with Gasteiger partial charge in [0.15, 0.2) is 0 Å². The Balaban J connectivity index is 0.00000128. The van der Waals surface area contributed by atoms with Crippen LogP contribution in [0.3, 0.4) is 0 Å². The van der Waals surface area contributed by atoms with Crippen molar-refractivity contribution >= 4 is 23.2 Å². The zero-order chi connectivity index (χ0) is 10.7. The highest BCUT2D eigenvalue weighted by molar-refractivity contribution is 6.42. The molecule has 0 spiro atoms. The lowest BCUT2D eigenvalue weighted by molar-refractivity contribution is 0.0342. The molecule has 0 radical (unpaired) electrons. The Hall–Kier alpha value is -0.280. The average molecular weight is 262 g/mol. The second-order valence-corrected chi connectivity index (χ2v) is 4.45. The molecule has 1 aliphatic heterocycles. The summed E-state index contributed by atoms with van der Waals surface area (Å²) < 4.78 is 5.29. The summed E-state index contributed by atoms with van der Waals surface area (Å²) in [6.07, 6.45) is 0. The fourth-order valence-electron chi connectivity index (χ4n) is 1.66. The number of nitrogens with zero attached hydrogens (tertiary/aromatic N) is 1. The van der Waals surface area contributed by atoms with Gasteiger partial charge >= 0.3 is 0 Å². The van der Waals surface area contributed by atoms with E-state index in [-0.39, 0.29) is 7.43 Å². The van der Waals surface area contributed by atoms with Crippen molar-refractivity contribution in [1.29, 1.82) is 0 Å². The molecule has 90 valence electrons. The number of hydrogen-bond acceptors (Lipinski definition) is 2. The minimum Gasteiger partial charge on any atom is -0.379 e. The van der Waals surface area contributed by atoms with Gasteiger partial charge in [0.2, 0.25) is 0 Å². The van der Waals surface area contributed by atoms with E-state index >= 15 is 0 Å². The molecule has 0 N–H and O–H groups in total. The topological polar surface area (TPSA) is 12.5 Å². The van der Waals surface area contributed by atoms with Gasteiger partial charge in [0.25, 0.3) is 0 Å². The quantitative estimate of drug-likeness (QED) is 0.809. The zero-order valence-electron chi connectivity index (χ0n) is 8.38. The van der Waals surface area contributed by atoms with Gasteiger partial charge in [0, 0.05) is 19.6 Å². The van der Waals surface area contributed by atoms with Crippen molar-refractivity contribution in [2.75, 3.05) is 26.3 Å². The van der Waals surface area contributed by atoms with Gasteiger partial charge in [-0.3, -0.25) is 4.90 Å². The highest BCUT2D eigenvalue weighted by Gasteiger charge is 2.11. The van der Waals surface area contributed by atoms with Crippen LogP contribution in [0.15, 0.2) is 18.2 Å². The molecule has 0 bridgehead atoms. The number of ether oxygens (including phenoxy) is 1. The van der Waals surface area contributed by atoms with Crippen molar-refractivity contribution in [3.63, 3.8) is 0 Å². The van der Waals surface area contributed by atoms with Crippen LogP contribution in [0.5, 0.6) is 0 Å². The normalized spacial score (nSPS) is 16.9. The molecule has 2 nitrogen and oxygen atoms in total. The van der Waals surface area contributed by atoms with E-state index in [4.69, 9.17) is 27.9 Å². The lowest BCUT2D eigenvalue weighted by Crippen LogP contribution is -2.35. The van der Waals surface area contributed by atoms with E-state index in [9.17, 15) is 0 Å². The van der Waals surface area contributed by atoms with Gasteiger partial charge in [0.05, 0.1) is 23.3 Å². The van der Waals surface area contributed by atoms with Crippen molar-refractivity contribution in [2.24, 2.45) is 0 Å². The van der Waals surface area contributed by atoms with Crippen molar-refractivity contribution in [3.8, 4) is 0 Å². The molecule has 0 amide bonds. The Morgan fingerprint density at radius 3 is 2.44 bits per heavy atom. The molecule has 16 heavy (non-hydrogen) atoms.